The van der Waals surface area contributed by atoms with Crippen molar-refractivity contribution in [1.82, 2.24) is 4.98 Å². The van der Waals surface area contributed by atoms with Crippen LogP contribution in [0.2, 0.25) is 0 Å². The van der Waals surface area contributed by atoms with Crippen LogP contribution in [0.25, 0.3) is 33.3 Å². The molecule has 0 aliphatic heterocycles. The number of halogens is 2. The molecule has 1 nitrogen and oxygen atoms in total. The van der Waals surface area contributed by atoms with E-state index in [-0.39, 0.29) is 11.6 Å². The van der Waals surface area contributed by atoms with Gasteiger partial charge < -0.3 is 4.98 Å². The molecule has 1 N–H and O–H groups in total. The van der Waals surface area contributed by atoms with E-state index in [0.717, 1.165) is 10.9 Å². The second-order valence-corrected chi connectivity index (χ2v) is 5.38. The molecule has 0 atom stereocenters. The van der Waals surface area contributed by atoms with Crippen LogP contribution in [-0.4, -0.2) is 4.98 Å². The van der Waals surface area contributed by atoms with Gasteiger partial charge in [-0.3, -0.25) is 0 Å². The second kappa shape index (κ2) is 5.36. The van der Waals surface area contributed by atoms with E-state index in [2.05, 4.69) is 4.98 Å². The van der Waals surface area contributed by atoms with Gasteiger partial charge in [0.25, 0.3) is 0 Å². The number of aromatic amines is 1. The number of H-pyrrole nitrogens is 1. The minimum atomic E-state index is -0.336. The Morgan fingerprint density at radius 2 is 1.17 bits per heavy atom. The highest BCUT2D eigenvalue weighted by Crippen LogP contribution is 2.39. The van der Waals surface area contributed by atoms with Gasteiger partial charge in [-0.1, -0.05) is 48.5 Å². The largest absolute Gasteiger partial charge is 0.354 e. The van der Waals surface area contributed by atoms with E-state index in [1.807, 2.05) is 24.3 Å². The number of hydrogen-bond donors (Lipinski definition) is 1. The van der Waals surface area contributed by atoms with Crippen LogP contribution in [0.4, 0.5) is 8.78 Å². The molecular weight excluding hydrogens is 292 g/mol. The standard InChI is InChI=1S/C20H13F2N/c21-16-10-4-1-7-13(16)19-15-9-3-6-12-18(15)23-20(19)14-8-2-5-11-17(14)22/h1-12,23H. The Kier molecular flexibility index (Phi) is 3.19. The fourth-order valence-electron chi connectivity index (χ4n) is 2.95. The summed E-state index contributed by atoms with van der Waals surface area (Å²) in [6.45, 7) is 0. The number of aromatic nitrogens is 1. The Morgan fingerprint density at radius 3 is 1.87 bits per heavy atom. The van der Waals surface area contributed by atoms with E-state index in [1.165, 1.54) is 12.1 Å². The summed E-state index contributed by atoms with van der Waals surface area (Å²) in [5.74, 6) is -0.661. The Bertz CT molecular complexity index is 1000. The topological polar surface area (TPSA) is 15.8 Å². The number of benzene rings is 3. The van der Waals surface area contributed by atoms with Crippen LogP contribution in [0, 0.1) is 11.6 Å². The zero-order valence-electron chi connectivity index (χ0n) is 12.2. The smallest absolute Gasteiger partial charge is 0.132 e. The van der Waals surface area contributed by atoms with Crippen LogP contribution >= 0.6 is 0 Å². The number of fused-ring (bicyclic) bond motifs is 1. The van der Waals surface area contributed by atoms with Gasteiger partial charge in [-0.05, 0) is 24.3 Å². The van der Waals surface area contributed by atoms with Crippen LogP contribution in [0.5, 0.6) is 0 Å². The molecule has 0 aliphatic carbocycles. The Balaban J connectivity index is 2.12. The predicted molar refractivity (Wildman–Crippen MR) is 89.1 cm³/mol. The first-order valence-corrected chi connectivity index (χ1v) is 7.36. The molecule has 0 radical (unpaired) electrons. The van der Waals surface area contributed by atoms with Crippen LogP contribution in [0.1, 0.15) is 0 Å². The minimum Gasteiger partial charge on any atom is -0.354 e. The maximum absolute atomic E-state index is 14.4. The SMILES string of the molecule is Fc1ccccc1-c1[nH]c2ccccc2c1-c1ccccc1F. The summed E-state index contributed by atoms with van der Waals surface area (Å²) in [4.78, 5) is 3.24. The molecule has 4 rings (SSSR count). The monoisotopic (exact) mass is 305 g/mol. The van der Waals surface area contributed by atoms with Gasteiger partial charge in [0.2, 0.25) is 0 Å². The number of nitrogens with one attached hydrogen (secondary N) is 1. The summed E-state index contributed by atoms with van der Waals surface area (Å²) in [6, 6.07) is 20.7. The van der Waals surface area contributed by atoms with Gasteiger partial charge in [0.15, 0.2) is 0 Å². The van der Waals surface area contributed by atoms with Crippen molar-refractivity contribution in [1.29, 1.82) is 0 Å². The van der Waals surface area contributed by atoms with Gasteiger partial charge in [-0.25, -0.2) is 8.78 Å². The van der Waals surface area contributed by atoms with Gasteiger partial charge in [-0.15, -0.1) is 0 Å². The highest BCUT2D eigenvalue weighted by molar-refractivity contribution is 6.03. The maximum Gasteiger partial charge on any atom is 0.132 e. The molecule has 0 fully saturated rings. The van der Waals surface area contributed by atoms with Crippen molar-refractivity contribution in [2.24, 2.45) is 0 Å². The lowest BCUT2D eigenvalue weighted by molar-refractivity contribution is 0.629. The number of para-hydroxylation sites is 1. The van der Waals surface area contributed by atoms with E-state index >= 15 is 0 Å². The number of rotatable bonds is 2. The average Bonchev–Trinajstić information content (AvgIpc) is 2.95. The molecule has 0 unspecified atom stereocenters. The normalized spacial score (nSPS) is 11.0. The summed E-state index contributed by atoms with van der Waals surface area (Å²) in [6.07, 6.45) is 0. The maximum atomic E-state index is 14.4. The van der Waals surface area contributed by atoms with Crippen molar-refractivity contribution in [3.8, 4) is 22.4 Å². The molecule has 1 heterocycles. The van der Waals surface area contributed by atoms with Crippen molar-refractivity contribution in [3.05, 3.63) is 84.4 Å². The molecule has 23 heavy (non-hydrogen) atoms. The molecule has 112 valence electrons. The zero-order chi connectivity index (χ0) is 15.8. The van der Waals surface area contributed by atoms with Gasteiger partial charge in [0.05, 0.1) is 5.69 Å². The van der Waals surface area contributed by atoms with Crippen molar-refractivity contribution in [2.45, 2.75) is 0 Å². The van der Waals surface area contributed by atoms with Crippen molar-refractivity contribution >= 4 is 10.9 Å². The van der Waals surface area contributed by atoms with E-state index in [0.29, 0.717) is 22.4 Å². The highest BCUT2D eigenvalue weighted by Gasteiger charge is 2.19. The molecule has 3 aromatic carbocycles. The third-order valence-electron chi connectivity index (χ3n) is 3.99. The first-order chi connectivity index (χ1) is 11.3. The third kappa shape index (κ3) is 2.21. The molecule has 0 bridgehead atoms. The lowest BCUT2D eigenvalue weighted by Gasteiger charge is -2.07. The summed E-state index contributed by atoms with van der Waals surface area (Å²) < 4.78 is 28.7. The Hall–Kier alpha value is -2.94. The minimum absolute atomic E-state index is 0.324. The quantitative estimate of drug-likeness (QED) is 0.483. The van der Waals surface area contributed by atoms with Gasteiger partial charge >= 0.3 is 0 Å². The van der Waals surface area contributed by atoms with Crippen LogP contribution in [0.15, 0.2) is 72.8 Å². The third-order valence-corrected chi connectivity index (χ3v) is 3.99. The molecule has 0 amide bonds. The van der Waals surface area contributed by atoms with Crippen molar-refractivity contribution < 1.29 is 8.78 Å². The van der Waals surface area contributed by atoms with Crippen LogP contribution in [0.3, 0.4) is 0 Å². The fraction of sp³-hybridized carbons (Fsp3) is 0. The molecule has 0 aliphatic rings. The fourth-order valence-corrected chi connectivity index (χ4v) is 2.95. The van der Waals surface area contributed by atoms with E-state index < -0.39 is 0 Å². The first-order valence-electron chi connectivity index (χ1n) is 7.36. The first kappa shape index (κ1) is 13.7. The van der Waals surface area contributed by atoms with Crippen LogP contribution < -0.4 is 0 Å². The summed E-state index contributed by atoms with van der Waals surface area (Å²) in [7, 11) is 0. The number of hydrogen-bond acceptors (Lipinski definition) is 0. The van der Waals surface area contributed by atoms with Crippen molar-refractivity contribution in [3.63, 3.8) is 0 Å². The van der Waals surface area contributed by atoms with E-state index in [4.69, 9.17) is 0 Å². The Labute approximate surface area is 132 Å². The molecular formula is C20H13F2N. The van der Waals surface area contributed by atoms with E-state index in [1.54, 1.807) is 36.4 Å². The highest BCUT2D eigenvalue weighted by atomic mass is 19.1. The molecule has 0 spiro atoms. The predicted octanol–water partition coefficient (Wildman–Crippen LogP) is 5.78. The molecule has 4 aromatic rings. The van der Waals surface area contributed by atoms with Gasteiger partial charge in [-0.2, -0.15) is 0 Å². The molecule has 0 saturated carbocycles. The summed E-state index contributed by atoms with van der Waals surface area (Å²) in [5, 5.41) is 0.871. The molecule has 3 heteroatoms. The summed E-state index contributed by atoms with van der Waals surface area (Å²) >= 11 is 0. The van der Waals surface area contributed by atoms with Crippen molar-refractivity contribution in [2.75, 3.05) is 0 Å². The van der Waals surface area contributed by atoms with Gasteiger partial charge in [0, 0.05) is 27.6 Å². The van der Waals surface area contributed by atoms with Crippen LogP contribution in [-0.2, 0) is 0 Å². The lowest BCUT2D eigenvalue weighted by Crippen LogP contribution is -1.89. The Morgan fingerprint density at radius 1 is 0.609 bits per heavy atom. The summed E-state index contributed by atoms with van der Waals surface area (Å²) in [5.41, 5.74) is 3.02. The van der Waals surface area contributed by atoms with E-state index in [9.17, 15) is 8.78 Å². The van der Waals surface area contributed by atoms with Gasteiger partial charge in [0.1, 0.15) is 11.6 Å². The molecule has 0 saturated heterocycles. The second-order valence-electron chi connectivity index (χ2n) is 5.38. The zero-order valence-corrected chi connectivity index (χ0v) is 12.2. The molecule has 1 aromatic heterocycles. The average molecular weight is 305 g/mol. The lowest BCUT2D eigenvalue weighted by atomic mass is 9.98.